The van der Waals surface area contributed by atoms with Crippen molar-refractivity contribution in [3.63, 3.8) is 0 Å². The first-order valence-electron chi connectivity index (χ1n) is 12.2. The summed E-state index contributed by atoms with van der Waals surface area (Å²) in [6.07, 6.45) is 7.35. The fraction of sp³-hybridized carbons (Fsp3) is 0.429. The van der Waals surface area contributed by atoms with E-state index in [4.69, 9.17) is 24.0 Å². The van der Waals surface area contributed by atoms with E-state index in [1.165, 1.54) is 19.3 Å². The molecule has 3 aromatic rings. The van der Waals surface area contributed by atoms with Crippen molar-refractivity contribution in [1.82, 2.24) is 4.98 Å². The topological polar surface area (TPSA) is 81.8 Å². The van der Waals surface area contributed by atoms with Crippen molar-refractivity contribution < 1.29 is 23.8 Å². The first-order valence-corrected chi connectivity index (χ1v) is 12.2. The number of benzene rings is 2. The molecule has 6 heteroatoms. The summed E-state index contributed by atoms with van der Waals surface area (Å²) < 4.78 is 17.9. The van der Waals surface area contributed by atoms with Gasteiger partial charge in [0, 0.05) is 18.8 Å². The highest BCUT2D eigenvalue weighted by molar-refractivity contribution is 5.67. The Hall–Kier alpha value is -3.28. The zero-order valence-electron chi connectivity index (χ0n) is 19.8. The van der Waals surface area contributed by atoms with E-state index in [0.717, 1.165) is 52.8 Å². The van der Waals surface area contributed by atoms with E-state index in [1.54, 1.807) is 0 Å². The molecule has 1 aliphatic carbocycles. The predicted molar refractivity (Wildman–Crippen MR) is 129 cm³/mol. The average molecular weight is 464 g/mol. The van der Waals surface area contributed by atoms with Crippen LogP contribution in [0.15, 0.2) is 52.9 Å². The molecule has 2 aromatic carbocycles. The van der Waals surface area contributed by atoms with Crippen LogP contribution in [0.5, 0.6) is 11.5 Å². The molecule has 0 saturated heterocycles. The molecule has 0 atom stereocenters. The molecule has 1 aliphatic rings. The van der Waals surface area contributed by atoms with E-state index in [0.29, 0.717) is 32.0 Å². The van der Waals surface area contributed by atoms with Gasteiger partial charge in [-0.05, 0) is 61.6 Å². The molecular weight excluding hydrogens is 430 g/mol. The smallest absolute Gasteiger partial charge is 0.303 e. The maximum atomic E-state index is 11.1. The van der Waals surface area contributed by atoms with Gasteiger partial charge in [-0.3, -0.25) is 4.79 Å². The van der Waals surface area contributed by atoms with Gasteiger partial charge in [0.2, 0.25) is 0 Å². The maximum Gasteiger partial charge on any atom is 0.303 e. The Morgan fingerprint density at radius 2 is 1.79 bits per heavy atom. The first kappa shape index (κ1) is 23.9. The Balaban J connectivity index is 1.38. The monoisotopic (exact) mass is 463 g/mol. The normalized spacial score (nSPS) is 14.1. The minimum absolute atomic E-state index is 0.0767. The van der Waals surface area contributed by atoms with E-state index in [2.05, 4.69) is 0 Å². The highest BCUT2D eigenvalue weighted by Gasteiger charge is 2.22. The number of carboxylic acid groups (broad SMARTS) is 1. The number of aromatic nitrogens is 1. The number of carbonyl (C=O) groups is 1. The van der Waals surface area contributed by atoms with Gasteiger partial charge in [-0.15, -0.1) is 0 Å². The van der Waals surface area contributed by atoms with Crippen molar-refractivity contribution in [2.75, 3.05) is 6.61 Å². The van der Waals surface area contributed by atoms with Gasteiger partial charge in [-0.2, -0.15) is 0 Å². The molecule has 1 saturated carbocycles. The van der Waals surface area contributed by atoms with Crippen LogP contribution in [0.25, 0.3) is 0 Å². The molecule has 6 nitrogen and oxygen atoms in total. The highest BCUT2D eigenvalue weighted by atomic mass is 16.5. The van der Waals surface area contributed by atoms with Crippen molar-refractivity contribution >= 4 is 5.97 Å². The minimum atomic E-state index is -0.814. The lowest BCUT2D eigenvalue weighted by atomic mass is 9.89. The number of rotatable bonds is 11. The third-order valence-electron chi connectivity index (χ3n) is 6.39. The highest BCUT2D eigenvalue weighted by Crippen LogP contribution is 2.33. The van der Waals surface area contributed by atoms with Crippen LogP contribution in [0, 0.1) is 6.92 Å². The Labute approximate surface area is 200 Å². The van der Waals surface area contributed by atoms with Crippen LogP contribution in [0.2, 0.25) is 0 Å². The van der Waals surface area contributed by atoms with E-state index in [-0.39, 0.29) is 6.42 Å². The van der Waals surface area contributed by atoms with E-state index in [9.17, 15) is 4.79 Å². The molecule has 0 amide bonds. The van der Waals surface area contributed by atoms with Crippen molar-refractivity contribution in [2.24, 2.45) is 0 Å². The lowest BCUT2D eigenvalue weighted by Crippen LogP contribution is -2.07. The summed E-state index contributed by atoms with van der Waals surface area (Å²) in [5.41, 5.74) is 2.85. The maximum absolute atomic E-state index is 11.1. The molecule has 0 radical (unpaired) electrons. The predicted octanol–water partition coefficient (Wildman–Crippen LogP) is 6.25. The number of nitrogens with zero attached hydrogens (tertiary/aromatic N) is 1. The summed E-state index contributed by atoms with van der Waals surface area (Å²) in [7, 11) is 0. The van der Waals surface area contributed by atoms with Gasteiger partial charge in [0.15, 0.2) is 5.89 Å². The molecule has 1 heterocycles. The average Bonchev–Trinajstić information content (AvgIpc) is 3.23. The van der Waals surface area contributed by atoms with Crippen molar-refractivity contribution in [2.45, 2.75) is 70.8 Å². The molecule has 0 aliphatic heterocycles. The zero-order valence-corrected chi connectivity index (χ0v) is 19.8. The van der Waals surface area contributed by atoms with Crippen LogP contribution >= 0.6 is 0 Å². The summed E-state index contributed by atoms with van der Waals surface area (Å²) in [5, 5.41) is 9.09. The molecule has 1 fully saturated rings. The third-order valence-corrected chi connectivity index (χ3v) is 6.39. The summed E-state index contributed by atoms with van der Waals surface area (Å²) in [6, 6.07) is 15.4. The number of aliphatic carboxylic acids is 1. The molecular formula is C28H33NO5. The summed E-state index contributed by atoms with van der Waals surface area (Å²) in [6.45, 7) is 2.82. The van der Waals surface area contributed by atoms with Gasteiger partial charge in [0.1, 0.15) is 23.9 Å². The number of aryl methyl sites for hydroxylation is 2. The van der Waals surface area contributed by atoms with Gasteiger partial charge in [0.25, 0.3) is 0 Å². The van der Waals surface area contributed by atoms with Gasteiger partial charge in [0.05, 0.1) is 12.3 Å². The molecule has 4 rings (SSSR count). The fourth-order valence-electron chi connectivity index (χ4n) is 4.46. The summed E-state index contributed by atoms with van der Waals surface area (Å²) in [4.78, 5) is 15.8. The number of hydrogen-bond donors (Lipinski definition) is 1. The number of ether oxygens (including phenoxy) is 2. The minimum Gasteiger partial charge on any atom is -0.493 e. The standard InChI is InChI=1S/C28H33NO5/c1-20-26(29-28(34-20)22-8-4-2-5-9-22)16-17-32-25-14-12-21(13-15-27(30)31)23(18-25)19-33-24-10-6-3-7-11-24/h3,6-7,10-12,14,18,22H,2,4-5,8-9,13,15-17,19H2,1H3,(H,30,31). The van der Waals surface area contributed by atoms with Crippen molar-refractivity contribution in [3.8, 4) is 11.5 Å². The molecule has 180 valence electrons. The Bertz CT molecular complexity index is 1070. The second kappa shape index (κ2) is 11.7. The summed E-state index contributed by atoms with van der Waals surface area (Å²) >= 11 is 0. The van der Waals surface area contributed by atoms with Crippen LogP contribution in [-0.2, 0) is 24.2 Å². The fourth-order valence-corrected chi connectivity index (χ4v) is 4.46. The lowest BCUT2D eigenvalue weighted by Gasteiger charge is -2.17. The van der Waals surface area contributed by atoms with E-state index >= 15 is 0 Å². The molecule has 34 heavy (non-hydrogen) atoms. The molecule has 0 bridgehead atoms. The second-order valence-corrected chi connectivity index (χ2v) is 8.91. The van der Waals surface area contributed by atoms with E-state index in [1.807, 2.05) is 55.5 Å². The SMILES string of the molecule is Cc1oc(C2CCCCC2)nc1CCOc1ccc(CCC(=O)O)c(COc2ccccc2)c1. The number of oxazole rings is 1. The van der Waals surface area contributed by atoms with Crippen LogP contribution in [-0.4, -0.2) is 22.7 Å². The third kappa shape index (κ3) is 6.62. The van der Waals surface area contributed by atoms with Crippen molar-refractivity contribution in [3.05, 3.63) is 77.0 Å². The van der Waals surface area contributed by atoms with Crippen molar-refractivity contribution in [1.29, 1.82) is 0 Å². The quantitative estimate of drug-likeness (QED) is 0.362. The summed E-state index contributed by atoms with van der Waals surface area (Å²) in [5.74, 6) is 2.91. The lowest BCUT2D eigenvalue weighted by molar-refractivity contribution is -0.136. The number of carboxylic acids is 1. The zero-order chi connectivity index (χ0) is 23.8. The van der Waals surface area contributed by atoms with E-state index < -0.39 is 5.97 Å². The van der Waals surface area contributed by atoms with Crippen LogP contribution in [0.4, 0.5) is 0 Å². The second-order valence-electron chi connectivity index (χ2n) is 8.91. The van der Waals surface area contributed by atoms with Crippen LogP contribution < -0.4 is 9.47 Å². The van der Waals surface area contributed by atoms with Gasteiger partial charge in [-0.1, -0.05) is 43.5 Å². The largest absolute Gasteiger partial charge is 0.493 e. The van der Waals surface area contributed by atoms with Crippen LogP contribution in [0.1, 0.15) is 72.9 Å². The Kier molecular flexibility index (Phi) is 8.23. The first-order chi connectivity index (χ1) is 16.6. The number of para-hydroxylation sites is 1. The Morgan fingerprint density at radius 1 is 1.00 bits per heavy atom. The van der Waals surface area contributed by atoms with Gasteiger partial charge in [-0.25, -0.2) is 4.98 Å². The molecule has 0 spiro atoms. The molecule has 0 unspecified atom stereocenters. The molecule has 1 aromatic heterocycles. The van der Waals surface area contributed by atoms with Crippen LogP contribution in [0.3, 0.4) is 0 Å². The number of hydrogen-bond acceptors (Lipinski definition) is 5. The van der Waals surface area contributed by atoms with Gasteiger partial charge >= 0.3 is 5.97 Å². The molecule has 1 N–H and O–H groups in total. The van der Waals surface area contributed by atoms with Gasteiger partial charge < -0.3 is 19.0 Å². The Morgan fingerprint density at radius 3 is 2.56 bits per heavy atom.